The van der Waals surface area contributed by atoms with Crippen LogP contribution < -0.4 is 11.1 Å². The summed E-state index contributed by atoms with van der Waals surface area (Å²) in [5.41, 5.74) is 8.50. The van der Waals surface area contributed by atoms with Crippen LogP contribution in [0.2, 0.25) is 0 Å². The minimum absolute atomic E-state index is 0.0578. The third kappa shape index (κ3) is 3.30. The molecule has 7 nitrogen and oxygen atoms in total. The molecule has 0 saturated carbocycles. The first-order valence-corrected chi connectivity index (χ1v) is 9.00. The summed E-state index contributed by atoms with van der Waals surface area (Å²) >= 11 is 0. The second kappa shape index (κ2) is 7.43. The van der Waals surface area contributed by atoms with Gasteiger partial charge >= 0.3 is 0 Å². The average Bonchev–Trinajstić information content (AvgIpc) is 3.23. The zero-order chi connectivity index (χ0) is 21.4. The number of amides is 1. The molecule has 0 atom stereocenters. The van der Waals surface area contributed by atoms with Gasteiger partial charge in [-0.3, -0.25) is 4.79 Å². The molecule has 2 aromatic heterocycles. The first-order chi connectivity index (χ1) is 14.4. The number of halogens is 2. The van der Waals surface area contributed by atoms with Crippen molar-refractivity contribution >= 4 is 17.5 Å². The summed E-state index contributed by atoms with van der Waals surface area (Å²) in [5.74, 6) is -2.63. The highest BCUT2D eigenvalue weighted by atomic mass is 19.1. The Bertz CT molecular complexity index is 1250. The molecule has 0 unspecified atom stereocenters. The lowest BCUT2D eigenvalue weighted by atomic mass is 10.0. The molecule has 1 amide bonds. The van der Waals surface area contributed by atoms with Gasteiger partial charge in [0, 0.05) is 11.6 Å². The number of aromatic nitrogens is 3. The summed E-state index contributed by atoms with van der Waals surface area (Å²) in [6.07, 6.45) is 0. The number of nitrogen functional groups attached to an aromatic ring is 1. The summed E-state index contributed by atoms with van der Waals surface area (Å²) in [6, 6.07) is 12.3. The standard InChI is InChI=1S/C21H17F2N5O2/c1-11-17(12(2)28(26-11)14-6-4-3-5-7-14)19-18(20(24)30-27-19)21(29)25-16-9-8-13(22)10-15(16)23/h3-10H,24H2,1-2H3,(H,25,29). The van der Waals surface area contributed by atoms with Gasteiger partial charge in [-0.2, -0.15) is 5.10 Å². The van der Waals surface area contributed by atoms with Gasteiger partial charge in [-0.1, -0.05) is 23.4 Å². The Balaban J connectivity index is 1.76. The second-order valence-corrected chi connectivity index (χ2v) is 6.64. The second-order valence-electron chi connectivity index (χ2n) is 6.64. The van der Waals surface area contributed by atoms with Crippen LogP contribution in [0.3, 0.4) is 0 Å². The molecule has 3 N–H and O–H groups in total. The Kier molecular flexibility index (Phi) is 4.78. The number of hydrogen-bond acceptors (Lipinski definition) is 5. The number of carbonyl (C=O) groups is 1. The molecule has 0 spiro atoms. The minimum Gasteiger partial charge on any atom is -0.367 e. The van der Waals surface area contributed by atoms with Gasteiger partial charge in [-0.05, 0) is 38.1 Å². The molecule has 0 bridgehead atoms. The van der Waals surface area contributed by atoms with Gasteiger partial charge in [0.05, 0.1) is 22.8 Å². The van der Waals surface area contributed by atoms with Crippen LogP contribution in [0.5, 0.6) is 0 Å². The van der Waals surface area contributed by atoms with Crippen molar-refractivity contribution in [2.24, 2.45) is 0 Å². The van der Waals surface area contributed by atoms with Gasteiger partial charge in [-0.15, -0.1) is 0 Å². The Labute approximate surface area is 170 Å². The molecular weight excluding hydrogens is 392 g/mol. The monoisotopic (exact) mass is 409 g/mol. The Morgan fingerprint density at radius 3 is 2.57 bits per heavy atom. The first-order valence-electron chi connectivity index (χ1n) is 9.00. The maximum absolute atomic E-state index is 14.0. The van der Waals surface area contributed by atoms with Crippen LogP contribution in [0.15, 0.2) is 53.1 Å². The molecule has 2 heterocycles. The van der Waals surface area contributed by atoms with E-state index in [-0.39, 0.29) is 22.8 Å². The molecule has 0 saturated heterocycles. The van der Waals surface area contributed by atoms with Crippen molar-refractivity contribution in [2.45, 2.75) is 13.8 Å². The highest BCUT2D eigenvalue weighted by Crippen LogP contribution is 2.33. The van der Waals surface area contributed by atoms with Crippen molar-refractivity contribution in [1.29, 1.82) is 0 Å². The lowest BCUT2D eigenvalue weighted by Gasteiger charge is -2.07. The van der Waals surface area contributed by atoms with Crippen LogP contribution in [0.4, 0.5) is 20.4 Å². The van der Waals surface area contributed by atoms with Gasteiger partial charge in [0.1, 0.15) is 22.9 Å². The zero-order valence-electron chi connectivity index (χ0n) is 16.1. The molecule has 30 heavy (non-hydrogen) atoms. The number of benzene rings is 2. The van der Waals surface area contributed by atoms with E-state index in [1.807, 2.05) is 37.3 Å². The maximum Gasteiger partial charge on any atom is 0.263 e. The number of rotatable bonds is 4. The van der Waals surface area contributed by atoms with E-state index in [0.717, 1.165) is 17.8 Å². The molecule has 0 aliphatic heterocycles. The summed E-state index contributed by atoms with van der Waals surface area (Å²) < 4.78 is 33.9. The van der Waals surface area contributed by atoms with Crippen molar-refractivity contribution in [3.8, 4) is 16.9 Å². The van der Waals surface area contributed by atoms with Crippen molar-refractivity contribution in [1.82, 2.24) is 14.9 Å². The Morgan fingerprint density at radius 1 is 1.13 bits per heavy atom. The molecule has 2 aromatic carbocycles. The van der Waals surface area contributed by atoms with E-state index in [2.05, 4.69) is 15.6 Å². The molecule has 4 rings (SSSR count). The van der Waals surface area contributed by atoms with Crippen LogP contribution >= 0.6 is 0 Å². The van der Waals surface area contributed by atoms with E-state index >= 15 is 0 Å². The summed E-state index contributed by atoms with van der Waals surface area (Å²) in [5, 5.41) is 10.9. The molecular formula is C21H17F2N5O2. The lowest BCUT2D eigenvalue weighted by molar-refractivity contribution is 0.102. The van der Waals surface area contributed by atoms with E-state index in [0.29, 0.717) is 23.0 Å². The van der Waals surface area contributed by atoms with Crippen LogP contribution in [0.25, 0.3) is 16.9 Å². The van der Waals surface area contributed by atoms with Crippen LogP contribution in [-0.2, 0) is 0 Å². The predicted molar refractivity (Wildman–Crippen MR) is 107 cm³/mol. The van der Waals surface area contributed by atoms with Crippen LogP contribution in [0.1, 0.15) is 21.7 Å². The number of carbonyl (C=O) groups excluding carboxylic acids is 1. The molecule has 0 aliphatic rings. The topological polar surface area (TPSA) is 99.0 Å². The smallest absolute Gasteiger partial charge is 0.263 e. The molecule has 4 aromatic rings. The third-order valence-electron chi connectivity index (χ3n) is 4.65. The summed E-state index contributed by atoms with van der Waals surface area (Å²) in [7, 11) is 0. The third-order valence-corrected chi connectivity index (χ3v) is 4.65. The molecule has 152 valence electrons. The molecule has 0 aliphatic carbocycles. The van der Waals surface area contributed by atoms with Gasteiger partial charge in [0.15, 0.2) is 0 Å². The molecule has 0 fully saturated rings. The SMILES string of the molecule is Cc1nn(-c2ccccc2)c(C)c1-c1noc(N)c1C(=O)Nc1ccc(F)cc1F. The van der Waals surface area contributed by atoms with E-state index in [1.54, 1.807) is 11.6 Å². The number of para-hydroxylation sites is 1. The van der Waals surface area contributed by atoms with Crippen LogP contribution in [0, 0.1) is 25.5 Å². The quantitative estimate of drug-likeness (QED) is 0.525. The first kappa shape index (κ1) is 19.3. The Hall–Kier alpha value is -4.01. The fraction of sp³-hybridized carbons (Fsp3) is 0.0952. The highest BCUT2D eigenvalue weighted by Gasteiger charge is 2.28. The van der Waals surface area contributed by atoms with Gasteiger partial charge < -0.3 is 15.6 Å². The van der Waals surface area contributed by atoms with Gasteiger partial charge in [-0.25, -0.2) is 13.5 Å². The number of aryl methyl sites for hydroxylation is 1. The summed E-state index contributed by atoms with van der Waals surface area (Å²) in [6.45, 7) is 3.60. The Morgan fingerprint density at radius 2 is 1.87 bits per heavy atom. The molecule has 9 heteroatoms. The number of nitrogens with zero attached hydrogens (tertiary/aromatic N) is 3. The number of nitrogens with two attached hydrogens (primary N) is 1. The number of anilines is 2. The van der Waals surface area contributed by atoms with Crippen molar-refractivity contribution in [2.75, 3.05) is 11.1 Å². The predicted octanol–water partition coefficient (Wildman–Crippen LogP) is 4.26. The van der Waals surface area contributed by atoms with Gasteiger partial charge in [0.25, 0.3) is 5.91 Å². The van der Waals surface area contributed by atoms with E-state index in [4.69, 9.17) is 10.3 Å². The minimum atomic E-state index is -0.913. The van der Waals surface area contributed by atoms with Crippen LogP contribution in [-0.4, -0.2) is 20.8 Å². The van der Waals surface area contributed by atoms with Crippen molar-refractivity contribution in [3.05, 3.63) is 77.1 Å². The van der Waals surface area contributed by atoms with E-state index < -0.39 is 17.5 Å². The highest BCUT2D eigenvalue weighted by molar-refractivity contribution is 6.11. The number of hydrogen-bond donors (Lipinski definition) is 2. The number of nitrogens with one attached hydrogen (secondary N) is 1. The van der Waals surface area contributed by atoms with E-state index in [1.165, 1.54) is 0 Å². The zero-order valence-corrected chi connectivity index (χ0v) is 16.1. The van der Waals surface area contributed by atoms with Crippen molar-refractivity contribution < 1.29 is 18.1 Å². The maximum atomic E-state index is 14.0. The lowest BCUT2D eigenvalue weighted by Crippen LogP contribution is -2.15. The largest absolute Gasteiger partial charge is 0.367 e. The fourth-order valence-electron chi connectivity index (χ4n) is 3.27. The van der Waals surface area contributed by atoms with Gasteiger partial charge in [0.2, 0.25) is 5.88 Å². The average molecular weight is 409 g/mol. The van der Waals surface area contributed by atoms with Crippen molar-refractivity contribution in [3.63, 3.8) is 0 Å². The normalized spacial score (nSPS) is 10.9. The summed E-state index contributed by atoms with van der Waals surface area (Å²) in [4.78, 5) is 12.8. The van der Waals surface area contributed by atoms with E-state index in [9.17, 15) is 13.6 Å². The molecule has 0 radical (unpaired) electrons. The fourth-order valence-corrected chi connectivity index (χ4v) is 3.27.